The molecule has 4 rings (SSSR count). The van der Waals surface area contributed by atoms with E-state index in [1.165, 1.54) is 0 Å². The number of pyridine rings is 1. The molecule has 1 aromatic carbocycles. The van der Waals surface area contributed by atoms with Crippen LogP contribution in [0.25, 0.3) is 10.9 Å². The second-order valence-electron chi connectivity index (χ2n) is 8.54. The van der Waals surface area contributed by atoms with Crippen LogP contribution < -0.4 is 10.6 Å². The van der Waals surface area contributed by atoms with E-state index in [1.807, 2.05) is 42.7 Å². The standard InChI is InChI=1S/C25H30ClN5O/c1-2-12-28-24(32)18-9-7-17(8-10-18)14-23-20-16-30-25(31-22(20)11-13-27-23)29-15-19-5-3-4-6-21(19)26/h3-6,11,13,16-18H,2,7-10,12,14-15H2,1H3,(H,28,32)(H,29,30,31). The topological polar surface area (TPSA) is 79.8 Å². The molecule has 6 nitrogen and oxygen atoms in total. The number of rotatable bonds is 8. The van der Waals surface area contributed by atoms with E-state index >= 15 is 0 Å². The van der Waals surface area contributed by atoms with E-state index in [2.05, 4.69) is 32.5 Å². The summed E-state index contributed by atoms with van der Waals surface area (Å²) in [6.45, 7) is 3.42. The van der Waals surface area contributed by atoms with Gasteiger partial charge in [0.05, 0.1) is 11.2 Å². The van der Waals surface area contributed by atoms with Gasteiger partial charge in [0.1, 0.15) is 0 Å². The lowest BCUT2D eigenvalue weighted by Gasteiger charge is -2.27. The molecule has 1 aliphatic carbocycles. The highest BCUT2D eigenvalue weighted by Crippen LogP contribution is 2.32. The second kappa shape index (κ2) is 10.7. The van der Waals surface area contributed by atoms with Gasteiger partial charge in [-0.2, -0.15) is 0 Å². The van der Waals surface area contributed by atoms with Crippen molar-refractivity contribution in [2.24, 2.45) is 11.8 Å². The molecule has 168 valence electrons. The van der Waals surface area contributed by atoms with Crippen molar-refractivity contribution < 1.29 is 4.79 Å². The number of fused-ring (bicyclic) bond motifs is 1. The summed E-state index contributed by atoms with van der Waals surface area (Å²) in [4.78, 5) is 26.1. The second-order valence-corrected chi connectivity index (χ2v) is 8.95. The Balaban J connectivity index is 1.38. The van der Waals surface area contributed by atoms with E-state index in [0.29, 0.717) is 18.4 Å². The highest BCUT2D eigenvalue weighted by atomic mass is 35.5. The van der Waals surface area contributed by atoms with Crippen LogP contribution in [0, 0.1) is 11.8 Å². The molecule has 1 fully saturated rings. The number of nitrogens with zero attached hydrogens (tertiary/aromatic N) is 3. The van der Waals surface area contributed by atoms with Crippen LogP contribution in [-0.4, -0.2) is 27.4 Å². The smallest absolute Gasteiger partial charge is 0.223 e. The van der Waals surface area contributed by atoms with Crippen LogP contribution in [-0.2, 0) is 17.8 Å². The van der Waals surface area contributed by atoms with Gasteiger partial charge in [-0.3, -0.25) is 9.78 Å². The van der Waals surface area contributed by atoms with Gasteiger partial charge in [-0.25, -0.2) is 9.97 Å². The third-order valence-corrected chi connectivity index (χ3v) is 6.60. The van der Waals surface area contributed by atoms with E-state index in [1.54, 1.807) is 0 Å². The van der Waals surface area contributed by atoms with E-state index in [9.17, 15) is 4.79 Å². The highest BCUT2D eigenvalue weighted by Gasteiger charge is 2.26. The fraction of sp³-hybridized carbons (Fsp3) is 0.440. The average Bonchev–Trinajstić information content (AvgIpc) is 2.82. The summed E-state index contributed by atoms with van der Waals surface area (Å²) in [5.41, 5.74) is 2.94. The maximum Gasteiger partial charge on any atom is 0.223 e. The molecule has 2 N–H and O–H groups in total. The third kappa shape index (κ3) is 5.54. The van der Waals surface area contributed by atoms with Gasteiger partial charge in [-0.15, -0.1) is 0 Å². The fourth-order valence-electron chi connectivity index (χ4n) is 4.37. The van der Waals surface area contributed by atoms with Gasteiger partial charge in [0.25, 0.3) is 0 Å². The minimum atomic E-state index is 0.161. The normalized spacial score (nSPS) is 18.4. The van der Waals surface area contributed by atoms with Crippen molar-refractivity contribution in [1.82, 2.24) is 20.3 Å². The summed E-state index contributed by atoms with van der Waals surface area (Å²) < 4.78 is 0. The maximum absolute atomic E-state index is 12.2. The summed E-state index contributed by atoms with van der Waals surface area (Å²) >= 11 is 6.24. The van der Waals surface area contributed by atoms with Gasteiger partial charge in [-0.1, -0.05) is 36.7 Å². The zero-order valence-electron chi connectivity index (χ0n) is 18.5. The van der Waals surface area contributed by atoms with Crippen LogP contribution in [0.15, 0.2) is 42.7 Å². The molecule has 0 bridgehead atoms. The quantitative estimate of drug-likeness (QED) is 0.494. The van der Waals surface area contributed by atoms with E-state index in [0.717, 1.165) is 72.3 Å². The molecule has 0 unspecified atom stereocenters. The Morgan fingerprint density at radius 3 is 2.72 bits per heavy atom. The Bertz CT molecular complexity index is 1070. The summed E-state index contributed by atoms with van der Waals surface area (Å²) in [5.74, 6) is 1.50. The molecular formula is C25H30ClN5O. The van der Waals surface area contributed by atoms with Crippen LogP contribution in [0.4, 0.5) is 5.95 Å². The summed E-state index contributed by atoms with van der Waals surface area (Å²) in [6, 6.07) is 9.67. The fourth-order valence-corrected chi connectivity index (χ4v) is 4.57. The first kappa shape index (κ1) is 22.5. The Morgan fingerprint density at radius 2 is 1.94 bits per heavy atom. The van der Waals surface area contributed by atoms with E-state index < -0.39 is 0 Å². The van der Waals surface area contributed by atoms with Gasteiger partial charge in [0.15, 0.2) is 0 Å². The number of amides is 1. The minimum Gasteiger partial charge on any atom is -0.356 e. The van der Waals surface area contributed by atoms with Crippen LogP contribution >= 0.6 is 11.6 Å². The van der Waals surface area contributed by atoms with Crippen molar-refractivity contribution in [3.05, 3.63) is 59.0 Å². The minimum absolute atomic E-state index is 0.161. The van der Waals surface area contributed by atoms with Gasteiger partial charge < -0.3 is 10.6 Å². The molecule has 2 heterocycles. The Morgan fingerprint density at radius 1 is 1.12 bits per heavy atom. The number of benzene rings is 1. The zero-order valence-corrected chi connectivity index (χ0v) is 19.2. The molecule has 0 aliphatic heterocycles. The average molecular weight is 452 g/mol. The molecule has 0 radical (unpaired) electrons. The number of hydrogen-bond donors (Lipinski definition) is 2. The first-order chi connectivity index (χ1) is 15.6. The van der Waals surface area contributed by atoms with Crippen molar-refractivity contribution in [1.29, 1.82) is 0 Å². The van der Waals surface area contributed by atoms with Crippen LogP contribution in [0.3, 0.4) is 0 Å². The summed E-state index contributed by atoms with van der Waals surface area (Å²) in [5, 5.41) is 8.02. The van der Waals surface area contributed by atoms with Gasteiger partial charge >= 0.3 is 0 Å². The maximum atomic E-state index is 12.2. The number of nitrogens with one attached hydrogen (secondary N) is 2. The Hall–Kier alpha value is -2.73. The summed E-state index contributed by atoms with van der Waals surface area (Å²) in [7, 11) is 0. The van der Waals surface area contributed by atoms with Crippen molar-refractivity contribution in [2.75, 3.05) is 11.9 Å². The number of halogens is 1. The van der Waals surface area contributed by atoms with Crippen LogP contribution in [0.5, 0.6) is 0 Å². The van der Waals surface area contributed by atoms with Crippen molar-refractivity contribution >= 4 is 34.4 Å². The Kier molecular flexibility index (Phi) is 7.53. The number of aromatic nitrogens is 3. The van der Waals surface area contributed by atoms with Crippen molar-refractivity contribution in [2.45, 2.75) is 52.0 Å². The van der Waals surface area contributed by atoms with Gasteiger partial charge in [0, 0.05) is 41.8 Å². The lowest BCUT2D eigenvalue weighted by atomic mass is 9.79. The first-order valence-electron chi connectivity index (χ1n) is 11.5. The number of carbonyl (C=O) groups excluding carboxylic acids is 1. The lowest BCUT2D eigenvalue weighted by molar-refractivity contribution is -0.126. The first-order valence-corrected chi connectivity index (χ1v) is 11.9. The molecule has 7 heteroatoms. The number of anilines is 1. The molecule has 1 amide bonds. The molecule has 1 aliphatic rings. The predicted octanol–water partition coefficient (Wildman–Crippen LogP) is 5.17. The molecule has 3 aromatic rings. The van der Waals surface area contributed by atoms with Crippen LogP contribution in [0.2, 0.25) is 5.02 Å². The van der Waals surface area contributed by atoms with Gasteiger partial charge in [-0.05, 0) is 62.1 Å². The zero-order chi connectivity index (χ0) is 22.3. The summed E-state index contributed by atoms with van der Waals surface area (Å²) in [6.07, 6.45) is 9.59. The molecule has 0 atom stereocenters. The predicted molar refractivity (Wildman–Crippen MR) is 129 cm³/mol. The lowest BCUT2D eigenvalue weighted by Crippen LogP contribution is -2.33. The Labute approximate surface area is 194 Å². The van der Waals surface area contributed by atoms with Crippen molar-refractivity contribution in [3.8, 4) is 0 Å². The third-order valence-electron chi connectivity index (χ3n) is 6.24. The number of hydrogen-bond acceptors (Lipinski definition) is 5. The monoisotopic (exact) mass is 451 g/mol. The molecule has 1 saturated carbocycles. The highest BCUT2D eigenvalue weighted by molar-refractivity contribution is 6.31. The SMILES string of the molecule is CCCNC(=O)C1CCC(Cc2nccc3nc(NCc4ccccc4Cl)ncc23)CC1. The molecular weight excluding hydrogens is 422 g/mol. The molecule has 0 spiro atoms. The molecule has 0 saturated heterocycles. The largest absolute Gasteiger partial charge is 0.356 e. The number of carbonyl (C=O) groups is 1. The van der Waals surface area contributed by atoms with Crippen LogP contribution in [0.1, 0.15) is 50.3 Å². The van der Waals surface area contributed by atoms with E-state index in [-0.39, 0.29) is 11.8 Å². The molecule has 2 aromatic heterocycles. The van der Waals surface area contributed by atoms with Gasteiger partial charge in [0.2, 0.25) is 11.9 Å². The van der Waals surface area contributed by atoms with Crippen molar-refractivity contribution in [3.63, 3.8) is 0 Å². The van der Waals surface area contributed by atoms with E-state index in [4.69, 9.17) is 11.6 Å². The molecule has 32 heavy (non-hydrogen) atoms.